The molecule has 2 aromatic rings. The van der Waals surface area contributed by atoms with E-state index in [1.807, 2.05) is 13.8 Å². The summed E-state index contributed by atoms with van der Waals surface area (Å²) in [6.07, 6.45) is -1.76. The fourth-order valence-electron chi connectivity index (χ4n) is 3.69. The lowest BCUT2D eigenvalue weighted by Gasteiger charge is -2.33. The maximum absolute atomic E-state index is 14.7. The number of anilines is 1. The average molecular weight is 442 g/mol. The highest BCUT2D eigenvalue weighted by molar-refractivity contribution is 6.34. The number of amides is 1. The molecule has 160 valence electrons. The van der Waals surface area contributed by atoms with Gasteiger partial charge in [0.2, 0.25) is 0 Å². The second kappa shape index (κ2) is 7.19. The Kier molecular flexibility index (Phi) is 4.92. The van der Waals surface area contributed by atoms with Crippen molar-refractivity contribution in [3.63, 3.8) is 0 Å². The van der Waals surface area contributed by atoms with Crippen LogP contribution in [0.3, 0.4) is 0 Å². The quantitative estimate of drug-likeness (QED) is 0.739. The van der Waals surface area contributed by atoms with Crippen molar-refractivity contribution in [2.24, 2.45) is 16.6 Å². The van der Waals surface area contributed by atoms with Gasteiger partial charge in [-0.3, -0.25) is 9.48 Å². The smallest absolute Gasteiger partial charge is 0.283 e. The first-order valence-corrected chi connectivity index (χ1v) is 9.67. The molecule has 1 aromatic heterocycles. The summed E-state index contributed by atoms with van der Waals surface area (Å²) >= 11 is 6.08. The topological polar surface area (TPSA) is 94.5 Å². The molecule has 1 aliphatic heterocycles. The number of hydrogen-bond acceptors (Lipinski definition) is 5. The van der Waals surface area contributed by atoms with Gasteiger partial charge in [-0.1, -0.05) is 11.6 Å². The summed E-state index contributed by atoms with van der Waals surface area (Å²) in [5.74, 6) is -2.23. The summed E-state index contributed by atoms with van der Waals surface area (Å²) in [6, 6.07) is 2.98. The Hall–Kier alpha value is -2.75. The van der Waals surface area contributed by atoms with Gasteiger partial charge in [0.05, 0.1) is 5.02 Å². The number of halogens is 4. The number of alkyl halides is 2. The molecule has 0 spiro atoms. The third kappa shape index (κ3) is 3.28. The van der Waals surface area contributed by atoms with Crippen molar-refractivity contribution < 1.29 is 22.7 Å². The van der Waals surface area contributed by atoms with Crippen LogP contribution in [0.4, 0.5) is 18.9 Å². The minimum Gasteiger partial charge on any atom is -0.462 e. The molecule has 0 unspecified atom stereocenters. The van der Waals surface area contributed by atoms with E-state index < -0.39 is 41.7 Å². The van der Waals surface area contributed by atoms with E-state index in [1.165, 1.54) is 16.9 Å². The van der Waals surface area contributed by atoms with Gasteiger partial charge in [-0.15, -0.1) is 0 Å². The molecular formula is C19H19ClF3N5O2. The minimum atomic E-state index is -3.02. The number of ether oxygens (including phenoxy) is 1. The molecule has 1 saturated carbocycles. The molecule has 2 heterocycles. The molecule has 30 heavy (non-hydrogen) atoms. The second-order valence-electron chi connectivity index (χ2n) is 7.62. The first kappa shape index (κ1) is 20.5. The number of nitrogens with two attached hydrogens (primary N) is 1. The molecular weight excluding hydrogens is 423 g/mol. The van der Waals surface area contributed by atoms with Crippen molar-refractivity contribution >= 4 is 29.2 Å². The van der Waals surface area contributed by atoms with Crippen molar-refractivity contribution in [2.45, 2.75) is 44.4 Å². The van der Waals surface area contributed by atoms with Gasteiger partial charge in [0.25, 0.3) is 18.4 Å². The van der Waals surface area contributed by atoms with Crippen LogP contribution in [0, 0.1) is 11.7 Å². The van der Waals surface area contributed by atoms with Crippen LogP contribution in [0.1, 0.15) is 42.4 Å². The number of rotatable bonds is 5. The summed E-state index contributed by atoms with van der Waals surface area (Å²) in [5.41, 5.74) is 3.11. The second-order valence-corrected chi connectivity index (χ2v) is 8.03. The summed E-state index contributed by atoms with van der Waals surface area (Å²) < 4.78 is 49.7. The minimum absolute atomic E-state index is 0.0179. The summed E-state index contributed by atoms with van der Waals surface area (Å²) in [6.45, 7) is 3.73. The van der Waals surface area contributed by atoms with Crippen LogP contribution in [0.2, 0.25) is 5.02 Å². The van der Waals surface area contributed by atoms with Gasteiger partial charge in [-0.2, -0.15) is 5.10 Å². The third-order valence-corrected chi connectivity index (χ3v) is 5.56. The number of aliphatic imine (C=N–C) groups is 1. The van der Waals surface area contributed by atoms with Crippen LogP contribution >= 0.6 is 11.6 Å². The van der Waals surface area contributed by atoms with Crippen molar-refractivity contribution in [3.8, 4) is 0 Å². The van der Waals surface area contributed by atoms with E-state index in [1.54, 1.807) is 0 Å². The van der Waals surface area contributed by atoms with Crippen LogP contribution in [0.5, 0.6) is 0 Å². The SMILES string of the molecule is CC(C)n1cc(Cl)c(C(=O)Nc2ccc(F)c([C@@]3(C(F)F)N=C(N)O[C@@H]4C[C@@H]43)c2)n1. The number of nitrogens with one attached hydrogen (secondary N) is 1. The fraction of sp³-hybridized carbons (Fsp3) is 0.421. The van der Waals surface area contributed by atoms with Crippen LogP contribution < -0.4 is 11.1 Å². The molecule has 1 amide bonds. The molecule has 3 N–H and O–H groups in total. The number of nitrogens with zero attached hydrogens (tertiary/aromatic N) is 3. The number of fused-ring (bicyclic) bond motifs is 1. The van der Waals surface area contributed by atoms with E-state index >= 15 is 0 Å². The largest absolute Gasteiger partial charge is 0.462 e. The van der Waals surface area contributed by atoms with Crippen molar-refractivity contribution in [1.82, 2.24) is 9.78 Å². The normalized spacial score (nSPS) is 25.0. The Morgan fingerprint density at radius 3 is 2.80 bits per heavy atom. The van der Waals surface area contributed by atoms with Crippen LogP contribution in [-0.2, 0) is 10.3 Å². The van der Waals surface area contributed by atoms with Gasteiger partial charge in [0, 0.05) is 29.4 Å². The molecule has 7 nitrogen and oxygen atoms in total. The molecule has 0 radical (unpaired) electrons. The summed E-state index contributed by atoms with van der Waals surface area (Å²) in [5, 5.41) is 6.80. The summed E-state index contributed by atoms with van der Waals surface area (Å²) in [7, 11) is 0. The maximum Gasteiger partial charge on any atom is 0.283 e. The lowest BCUT2D eigenvalue weighted by Crippen LogP contribution is -2.43. The van der Waals surface area contributed by atoms with Gasteiger partial charge in [-0.25, -0.2) is 18.2 Å². The van der Waals surface area contributed by atoms with Crippen molar-refractivity contribution in [3.05, 3.63) is 46.5 Å². The van der Waals surface area contributed by atoms with Gasteiger partial charge in [-0.05, 0) is 38.5 Å². The lowest BCUT2D eigenvalue weighted by atomic mass is 9.84. The van der Waals surface area contributed by atoms with E-state index in [4.69, 9.17) is 22.1 Å². The third-order valence-electron chi connectivity index (χ3n) is 5.28. The Morgan fingerprint density at radius 1 is 1.43 bits per heavy atom. The van der Waals surface area contributed by atoms with E-state index in [2.05, 4.69) is 15.4 Å². The van der Waals surface area contributed by atoms with E-state index in [0.717, 1.165) is 12.1 Å². The Balaban J connectivity index is 1.69. The van der Waals surface area contributed by atoms with Crippen molar-refractivity contribution in [1.29, 1.82) is 0 Å². The van der Waals surface area contributed by atoms with E-state index in [9.17, 15) is 18.0 Å². The van der Waals surface area contributed by atoms with E-state index in [0.29, 0.717) is 0 Å². The molecule has 2 aliphatic rings. The lowest BCUT2D eigenvalue weighted by molar-refractivity contribution is 0.0177. The molecule has 0 bridgehead atoms. The number of carbonyl (C=O) groups is 1. The van der Waals surface area contributed by atoms with Gasteiger partial charge >= 0.3 is 0 Å². The Labute approximate surface area is 175 Å². The molecule has 1 aliphatic carbocycles. The maximum atomic E-state index is 14.7. The first-order chi connectivity index (χ1) is 14.1. The zero-order chi connectivity index (χ0) is 21.8. The molecule has 1 fully saturated rings. The molecule has 1 aromatic carbocycles. The number of carbonyl (C=O) groups excluding carboxylic acids is 1. The van der Waals surface area contributed by atoms with E-state index in [-0.39, 0.29) is 34.4 Å². The number of hydrogen-bond donors (Lipinski definition) is 2. The number of amidine groups is 1. The molecule has 3 atom stereocenters. The predicted molar refractivity (Wildman–Crippen MR) is 104 cm³/mol. The van der Waals surface area contributed by atoms with Crippen LogP contribution in [0.25, 0.3) is 0 Å². The zero-order valence-corrected chi connectivity index (χ0v) is 16.8. The monoisotopic (exact) mass is 441 g/mol. The molecule has 4 rings (SSSR count). The van der Waals surface area contributed by atoms with Crippen LogP contribution in [0.15, 0.2) is 29.4 Å². The first-order valence-electron chi connectivity index (χ1n) is 9.29. The van der Waals surface area contributed by atoms with Crippen LogP contribution in [-0.4, -0.2) is 34.2 Å². The fourth-order valence-corrected chi connectivity index (χ4v) is 3.91. The Morgan fingerprint density at radius 2 is 2.17 bits per heavy atom. The Bertz CT molecular complexity index is 1040. The number of aromatic nitrogens is 2. The molecule has 11 heteroatoms. The van der Waals surface area contributed by atoms with Crippen molar-refractivity contribution in [2.75, 3.05) is 5.32 Å². The predicted octanol–water partition coefficient (Wildman–Crippen LogP) is 3.70. The average Bonchev–Trinajstić information content (AvgIpc) is 3.34. The highest BCUT2D eigenvalue weighted by Gasteiger charge is 2.64. The zero-order valence-electron chi connectivity index (χ0n) is 16.1. The van der Waals surface area contributed by atoms with Gasteiger partial charge < -0.3 is 15.8 Å². The highest BCUT2D eigenvalue weighted by atomic mass is 35.5. The highest BCUT2D eigenvalue weighted by Crippen LogP contribution is 2.56. The standard InChI is InChI=1S/C19H19ClF3N5O2/c1-8(2)28-7-12(20)15(27-28)16(29)25-9-3-4-13(21)10(5-9)19(17(22)23)11-6-14(11)30-18(24)26-19/h3-5,7-8,11,14,17H,6H2,1-2H3,(H2,24,26)(H,25,29)/t11-,14+,19+/m0/s1. The summed E-state index contributed by atoms with van der Waals surface area (Å²) in [4.78, 5) is 16.4. The van der Waals surface area contributed by atoms with Gasteiger partial charge in [0.1, 0.15) is 11.9 Å². The number of benzene rings is 1. The van der Waals surface area contributed by atoms with Gasteiger partial charge in [0.15, 0.2) is 11.2 Å². The molecule has 0 saturated heterocycles.